The second kappa shape index (κ2) is 10.2. The predicted molar refractivity (Wildman–Crippen MR) is 122 cm³/mol. The van der Waals surface area contributed by atoms with Crippen molar-refractivity contribution in [3.8, 4) is 0 Å². The summed E-state index contributed by atoms with van der Waals surface area (Å²) in [7, 11) is 0. The van der Waals surface area contributed by atoms with Crippen LogP contribution in [0.3, 0.4) is 0 Å². The molecule has 0 atom stereocenters. The largest absolute Gasteiger partial charge is 0.444 e. The first-order valence-electron chi connectivity index (χ1n) is 9.98. The molecule has 0 aliphatic carbocycles. The summed E-state index contributed by atoms with van der Waals surface area (Å²) in [4.78, 5) is 33.6. The van der Waals surface area contributed by atoms with Crippen LogP contribution in [0.5, 0.6) is 0 Å². The first kappa shape index (κ1) is 23.8. The fourth-order valence-corrected chi connectivity index (χ4v) is 4.34. The molecule has 0 spiro atoms. The van der Waals surface area contributed by atoms with Crippen molar-refractivity contribution in [1.29, 1.82) is 0 Å². The summed E-state index contributed by atoms with van der Waals surface area (Å²) < 4.78 is 6.58. The Labute approximate surface area is 196 Å². The SMILES string of the molecule is CC(C)(C)OC(=O)N1CCN(Cc2ncc(C(=O)N(Cl)Cc3ccc(Cl)cc3)s2)CC1. The van der Waals surface area contributed by atoms with Crippen LogP contribution in [-0.4, -0.2) is 63.0 Å². The molecule has 0 radical (unpaired) electrons. The minimum absolute atomic E-state index is 0.275. The van der Waals surface area contributed by atoms with Gasteiger partial charge in [0, 0.05) is 43.0 Å². The Morgan fingerprint density at radius 2 is 1.81 bits per heavy atom. The van der Waals surface area contributed by atoms with Gasteiger partial charge in [0.05, 0.1) is 19.3 Å². The Bertz CT molecular complexity index is 906. The summed E-state index contributed by atoms with van der Waals surface area (Å²) in [5.41, 5.74) is 0.391. The lowest BCUT2D eigenvalue weighted by molar-refractivity contribution is 0.0139. The molecule has 3 rings (SSSR count). The van der Waals surface area contributed by atoms with E-state index in [1.54, 1.807) is 23.2 Å². The van der Waals surface area contributed by atoms with Crippen molar-refractivity contribution in [3.05, 3.63) is 50.9 Å². The number of amides is 2. The molecule has 1 fully saturated rings. The maximum absolute atomic E-state index is 12.6. The molecule has 0 bridgehead atoms. The summed E-state index contributed by atoms with van der Waals surface area (Å²) in [6.45, 7) is 9.13. The van der Waals surface area contributed by atoms with Crippen LogP contribution in [0.15, 0.2) is 30.5 Å². The fraction of sp³-hybridized carbons (Fsp3) is 0.476. The first-order valence-corrected chi connectivity index (χ1v) is 11.5. The van der Waals surface area contributed by atoms with Gasteiger partial charge in [-0.1, -0.05) is 23.7 Å². The fourth-order valence-electron chi connectivity index (χ4n) is 3.03. The van der Waals surface area contributed by atoms with Crippen molar-refractivity contribution in [2.24, 2.45) is 0 Å². The Balaban J connectivity index is 1.49. The molecule has 1 aliphatic rings. The third-order valence-electron chi connectivity index (χ3n) is 4.60. The van der Waals surface area contributed by atoms with Crippen molar-refractivity contribution >= 4 is 46.7 Å². The van der Waals surface area contributed by atoms with Crippen LogP contribution < -0.4 is 0 Å². The molecule has 2 aromatic rings. The van der Waals surface area contributed by atoms with Gasteiger partial charge in [0.2, 0.25) is 0 Å². The minimum atomic E-state index is -0.498. The number of ether oxygens (including phenoxy) is 1. The summed E-state index contributed by atoms with van der Waals surface area (Å²) >= 11 is 13.4. The van der Waals surface area contributed by atoms with Gasteiger partial charge in [0.1, 0.15) is 15.5 Å². The summed E-state index contributed by atoms with van der Waals surface area (Å²) in [5.74, 6) is -0.282. The van der Waals surface area contributed by atoms with Gasteiger partial charge in [-0.05, 0) is 38.5 Å². The van der Waals surface area contributed by atoms with Crippen LogP contribution in [0.1, 0.15) is 41.0 Å². The van der Waals surface area contributed by atoms with Gasteiger partial charge in [-0.2, -0.15) is 0 Å². The molecule has 0 saturated carbocycles. The summed E-state index contributed by atoms with van der Waals surface area (Å²) in [6.07, 6.45) is 1.29. The van der Waals surface area contributed by atoms with Gasteiger partial charge in [-0.15, -0.1) is 11.3 Å². The van der Waals surface area contributed by atoms with E-state index in [0.717, 1.165) is 28.1 Å². The van der Waals surface area contributed by atoms with E-state index >= 15 is 0 Å². The van der Waals surface area contributed by atoms with E-state index in [-0.39, 0.29) is 18.5 Å². The molecule has 1 aromatic carbocycles. The van der Waals surface area contributed by atoms with Gasteiger partial charge >= 0.3 is 6.09 Å². The standard InChI is InChI=1S/C21H26Cl2N4O3S/c1-21(2,3)30-20(29)26-10-8-25(9-11-26)14-18-24-12-17(31-18)19(28)27(23)13-15-4-6-16(22)7-5-15/h4-7,12H,8-11,13-14H2,1-3H3. The highest BCUT2D eigenvalue weighted by atomic mass is 35.5. The maximum Gasteiger partial charge on any atom is 0.410 e. The average molecular weight is 485 g/mol. The number of aromatic nitrogens is 1. The number of carbonyl (C=O) groups is 2. The molecule has 168 valence electrons. The third-order valence-corrected chi connectivity index (χ3v) is 6.10. The monoisotopic (exact) mass is 484 g/mol. The van der Waals surface area contributed by atoms with Gasteiger partial charge in [-0.3, -0.25) is 9.69 Å². The Kier molecular flexibility index (Phi) is 7.80. The van der Waals surface area contributed by atoms with Crippen LogP contribution in [0, 0.1) is 0 Å². The van der Waals surface area contributed by atoms with Crippen molar-refractivity contribution in [2.75, 3.05) is 26.2 Å². The molecular weight excluding hydrogens is 459 g/mol. The van der Waals surface area contributed by atoms with Crippen molar-refractivity contribution < 1.29 is 14.3 Å². The van der Waals surface area contributed by atoms with Gasteiger partial charge in [0.25, 0.3) is 5.91 Å². The first-order chi connectivity index (χ1) is 14.6. The quantitative estimate of drug-likeness (QED) is 0.577. The molecular formula is C21H26Cl2N4O3S. The normalized spacial score (nSPS) is 15.1. The lowest BCUT2D eigenvalue weighted by Crippen LogP contribution is -2.49. The molecule has 7 nitrogen and oxygen atoms in total. The number of hydrogen-bond donors (Lipinski definition) is 0. The molecule has 10 heteroatoms. The summed E-state index contributed by atoms with van der Waals surface area (Å²) in [5, 5.41) is 1.47. The zero-order chi connectivity index (χ0) is 22.6. The Hall–Kier alpha value is -1.87. The second-order valence-corrected chi connectivity index (χ2v) is 10.3. The highest BCUT2D eigenvalue weighted by molar-refractivity contribution is 7.13. The number of rotatable bonds is 5. The van der Waals surface area contributed by atoms with Crippen molar-refractivity contribution in [2.45, 2.75) is 39.5 Å². The highest BCUT2D eigenvalue weighted by Crippen LogP contribution is 2.21. The Morgan fingerprint density at radius 1 is 1.16 bits per heavy atom. The predicted octanol–water partition coefficient (Wildman–Crippen LogP) is 4.65. The van der Waals surface area contributed by atoms with Gasteiger partial charge in [0.15, 0.2) is 0 Å². The minimum Gasteiger partial charge on any atom is -0.444 e. The molecule has 2 heterocycles. The average Bonchev–Trinajstić information content (AvgIpc) is 3.16. The van der Waals surface area contributed by atoms with Crippen molar-refractivity contribution in [1.82, 2.24) is 19.2 Å². The maximum atomic E-state index is 12.6. The van der Waals surface area contributed by atoms with E-state index in [9.17, 15) is 9.59 Å². The molecule has 2 amide bonds. The number of halogens is 2. The lowest BCUT2D eigenvalue weighted by Gasteiger charge is -2.35. The van der Waals surface area contributed by atoms with E-state index < -0.39 is 5.60 Å². The molecule has 1 aromatic heterocycles. The van der Waals surface area contributed by atoms with E-state index in [1.807, 2.05) is 32.9 Å². The van der Waals surface area contributed by atoms with E-state index in [0.29, 0.717) is 29.5 Å². The van der Waals surface area contributed by atoms with Crippen LogP contribution >= 0.6 is 34.7 Å². The van der Waals surface area contributed by atoms with E-state index in [4.69, 9.17) is 28.1 Å². The van der Waals surface area contributed by atoms with Crippen LogP contribution in [0.25, 0.3) is 0 Å². The highest BCUT2D eigenvalue weighted by Gasteiger charge is 2.26. The summed E-state index contributed by atoms with van der Waals surface area (Å²) in [6, 6.07) is 7.19. The van der Waals surface area contributed by atoms with E-state index in [2.05, 4.69) is 9.88 Å². The number of hydrogen-bond acceptors (Lipinski definition) is 6. The zero-order valence-electron chi connectivity index (χ0n) is 17.8. The number of thiazole rings is 1. The Morgan fingerprint density at radius 3 is 2.42 bits per heavy atom. The second-order valence-electron chi connectivity index (χ2n) is 8.31. The van der Waals surface area contributed by atoms with Crippen LogP contribution in [0.4, 0.5) is 4.79 Å². The number of piperazine rings is 1. The van der Waals surface area contributed by atoms with Crippen molar-refractivity contribution in [3.63, 3.8) is 0 Å². The topological polar surface area (TPSA) is 66.0 Å². The molecule has 0 N–H and O–H groups in total. The molecule has 1 aliphatic heterocycles. The van der Waals surface area contributed by atoms with E-state index in [1.165, 1.54) is 11.3 Å². The lowest BCUT2D eigenvalue weighted by atomic mass is 10.2. The smallest absolute Gasteiger partial charge is 0.410 e. The number of carbonyl (C=O) groups excluding carboxylic acids is 2. The van der Waals surface area contributed by atoms with Crippen LogP contribution in [0.2, 0.25) is 5.02 Å². The van der Waals surface area contributed by atoms with Crippen LogP contribution in [-0.2, 0) is 17.8 Å². The molecule has 0 unspecified atom stereocenters. The molecule has 31 heavy (non-hydrogen) atoms. The van der Waals surface area contributed by atoms with Gasteiger partial charge in [-0.25, -0.2) is 14.2 Å². The third kappa shape index (κ3) is 7.07. The number of benzene rings is 1. The number of nitrogens with zero attached hydrogens (tertiary/aromatic N) is 4. The molecule has 1 saturated heterocycles. The zero-order valence-corrected chi connectivity index (χ0v) is 20.1. The van der Waals surface area contributed by atoms with Gasteiger partial charge < -0.3 is 9.64 Å².